The maximum atomic E-state index is 11.5. The first-order valence-corrected chi connectivity index (χ1v) is 5.85. The molecule has 2 aromatic heterocycles. The molecule has 1 aromatic carbocycles. The number of hydrogen-bond donors (Lipinski definition) is 1. The van der Waals surface area contributed by atoms with Gasteiger partial charge in [0.2, 0.25) is 0 Å². The third kappa shape index (κ3) is 1.85. The first-order chi connectivity index (χ1) is 9.70. The highest BCUT2D eigenvalue weighted by Gasteiger charge is 2.16. The Morgan fingerprint density at radius 2 is 2.15 bits per heavy atom. The number of ether oxygens (including phenoxy) is 1. The SMILES string of the molecule is COC(=O)c1nn(-c2cnnc3ccccc23)cc1N. The lowest BCUT2D eigenvalue weighted by Crippen LogP contribution is -2.06. The third-order valence-corrected chi connectivity index (χ3v) is 2.89. The molecule has 0 atom stereocenters. The Labute approximate surface area is 114 Å². The van der Waals surface area contributed by atoms with E-state index < -0.39 is 5.97 Å². The maximum absolute atomic E-state index is 11.5. The fourth-order valence-electron chi connectivity index (χ4n) is 1.94. The molecule has 7 nitrogen and oxygen atoms in total. The molecule has 0 aliphatic rings. The normalized spacial score (nSPS) is 10.7. The molecule has 100 valence electrons. The minimum absolute atomic E-state index is 0.0772. The smallest absolute Gasteiger partial charge is 0.360 e. The summed E-state index contributed by atoms with van der Waals surface area (Å²) in [6, 6.07) is 7.51. The van der Waals surface area contributed by atoms with E-state index in [1.807, 2.05) is 24.3 Å². The van der Waals surface area contributed by atoms with Gasteiger partial charge in [0.05, 0.1) is 36.4 Å². The van der Waals surface area contributed by atoms with Gasteiger partial charge in [-0.3, -0.25) is 0 Å². The number of carbonyl (C=O) groups is 1. The zero-order valence-corrected chi connectivity index (χ0v) is 10.6. The summed E-state index contributed by atoms with van der Waals surface area (Å²) in [5.74, 6) is -0.576. The Hall–Kier alpha value is -2.96. The van der Waals surface area contributed by atoms with Gasteiger partial charge in [-0.15, -0.1) is 0 Å². The molecule has 0 bridgehead atoms. The van der Waals surface area contributed by atoms with Gasteiger partial charge in [0.25, 0.3) is 0 Å². The molecule has 0 unspecified atom stereocenters. The average molecular weight is 269 g/mol. The predicted octanol–water partition coefficient (Wildman–Crippen LogP) is 1.18. The second-order valence-electron chi connectivity index (χ2n) is 4.12. The van der Waals surface area contributed by atoms with Gasteiger partial charge in [-0.05, 0) is 6.07 Å². The number of fused-ring (bicyclic) bond motifs is 1. The van der Waals surface area contributed by atoms with Crippen molar-refractivity contribution in [3.05, 3.63) is 42.4 Å². The largest absolute Gasteiger partial charge is 0.464 e. The molecular formula is C13H11N5O2. The average Bonchev–Trinajstić information content (AvgIpc) is 2.87. The molecule has 3 rings (SSSR count). The van der Waals surface area contributed by atoms with Crippen LogP contribution >= 0.6 is 0 Å². The Morgan fingerprint density at radius 1 is 1.35 bits per heavy atom. The number of hydrogen-bond acceptors (Lipinski definition) is 6. The molecule has 0 aliphatic carbocycles. The van der Waals surface area contributed by atoms with Crippen LogP contribution in [0.3, 0.4) is 0 Å². The first-order valence-electron chi connectivity index (χ1n) is 5.85. The van der Waals surface area contributed by atoms with E-state index in [-0.39, 0.29) is 11.4 Å². The van der Waals surface area contributed by atoms with Crippen molar-refractivity contribution in [1.29, 1.82) is 0 Å². The van der Waals surface area contributed by atoms with Crippen LogP contribution in [0.1, 0.15) is 10.5 Å². The molecule has 0 spiro atoms. The van der Waals surface area contributed by atoms with Crippen LogP contribution in [0.25, 0.3) is 16.6 Å². The topological polar surface area (TPSA) is 95.9 Å². The zero-order chi connectivity index (χ0) is 14.1. The van der Waals surface area contributed by atoms with E-state index in [4.69, 9.17) is 5.73 Å². The number of carbonyl (C=O) groups excluding carboxylic acids is 1. The number of benzene rings is 1. The van der Waals surface area contributed by atoms with Crippen LogP contribution in [0.15, 0.2) is 36.7 Å². The van der Waals surface area contributed by atoms with E-state index in [9.17, 15) is 4.79 Å². The first kappa shape index (κ1) is 12.1. The second kappa shape index (κ2) is 4.61. The molecule has 7 heteroatoms. The lowest BCUT2D eigenvalue weighted by atomic mass is 10.2. The van der Waals surface area contributed by atoms with Crippen molar-refractivity contribution in [3.63, 3.8) is 0 Å². The quantitative estimate of drug-likeness (QED) is 0.702. The van der Waals surface area contributed by atoms with Gasteiger partial charge in [0.1, 0.15) is 0 Å². The molecule has 0 amide bonds. The highest BCUT2D eigenvalue weighted by atomic mass is 16.5. The van der Waals surface area contributed by atoms with Crippen LogP contribution in [0.2, 0.25) is 0 Å². The van der Waals surface area contributed by atoms with Gasteiger partial charge in [-0.25, -0.2) is 9.48 Å². The van der Waals surface area contributed by atoms with E-state index >= 15 is 0 Å². The molecule has 20 heavy (non-hydrogen) atoms. The third-order valence-electron chi connectivity index (χ3n) is 2.89. The number of rotatable bonds is 2. The van der Waals surface area contributed by atoms with Gasteiger partial charge in [0, 0.05) is 5.39 Å². The summed E-state index contributed by atoms with van der Waals surface area (Å²) in [6.45, 7) is 0. The summed E-state index contributed by atoms with van der Waals surface area (Å²) in [4.78, 5) is 11.5. The van der Waals surface area contributed by atoms with Crippen LogP contribution in [-0.4, -0.2) is 33.1 Å². The van der Waals surface area contributed by atoms with Gasteiger partial charge in [-0.2, -0.15) is 15.3 Å². The molecule has 0 radical (unpaired) electrons. The number of esters is 1. The molecule has 0 aliphatic heterocycles. The standard InChI is InChI=1S/C13H11N5O2/c1-20-13(19)12-9(14)7-18(17-12)11-6-15-16-10-5-3-2-4-8(10)11/h2-7H,14H2,1H3. The summed E-state index contributed by atoms with van der Waals surface area (Å²) in [6.07, 6.45) is 3.12. The van der Waals surface area contributed by atoms with Gasteiger partial charge in [-0.1, -0.05) is 18.2 Å². The Kier molecular flexibility index (Phi) is 2.79. The number of aromatic nitrogens is 4. The lowest BCUT2D eigenvalue weighted by molar-refractivity contribution is 0.0594. The molecule has 0 saturated heterocycles. The monoisotopic (exact) mass is 269 g/mol. The maximum Gasteiger partial charge on any atom is 0.360 e. The minimum atomic E-state index is -0.576. The summed E-state index contributed by atoms with van der Waals surface area (Å²) in [5, 5.41) is 13.0. The van der Waals surface area contributed by atoms with E-state index in [0.717, 1.165) is 10.9 Å². The van der Waals surface area contributed by atoms with E-state index in [2.05, 4.69) is 20.0 Å². The van der Waals surface area contributed by atoms with Crippen LogP contribution in [0.4, 0.5) is 5.69 Å². The van der Waals surface area contributed by atoms with Gasteiger partial charge >= 0.3 is 5.97 Å². The van der Waals surface area contributed by atoms with Crippen molar-refractivity contribution in [2.75, 3.05) is 12.8 Å². The van der Waals surface area contributed by atoms with Gasteiger partial charge in [0.15, 0.2) is 5.69 Å². The number of anilines is 1. The van der Waals surface area contributed by atoms with Crippen LogP contribution in [0.5, 0.6) is 0 Å². The van der Waals surface area contributed by atoms with Crippen LogP contribution < -0.4 is 5.73 Å². The number of nitrogens with two attached hydrogens (primary N) is 1. The predicted molar refractivity (Wildman–Crippen MR) is 72.4 cm³/mol. The molecule has 0 saturated carbocycles. The zero-order valence-electron chi connectivity index (χ0n) is 10.6. The Bertz CT molecular complexity index is 791. The van der Waals surface area contributed by atoms with Crippen LogP contribution in [0, 0.1) is 0 Å². The van der Waals surface area contributed by atoms with Crippen molar-refractivity contribution >= 4 is 22.6 Å². The lowest BCUT2D eigenvalue weighted by Gasteiger charge is -2.04. The number of nitrogens with zero attached hydrogens (tertiary/aromatic N) is 4. The van der Waals surface area contributed by atoms with Crippen molar-refractivity contribution in [1.82, 2.24) is 20.0 Å². The molecule has 0 fully saturated rings. The van der Waals surface area contributed by atoms with Crippen molar-refractivity contribution < 1.29 is 9.53 Å². The summed E-state index contributed by atoms with van der Waals surface area (Å²) < 4.78 is 6.13. The van der Waals surface area contributed by atoms with Crippen LogP contribution in [-0.2, 0) is 4.74 Å². The van der Waals surface area contributed by atoms with E-state index in [1.165, 1.54) is 11.8 Å². The van der Waals surface area contributed by atoms with E-state index in [0.29, 0.717) is 5.69 Å². The number of methoxy groups -OCH3 is 1. The highest BCUT2D eigenvalue weighted by Crippen LogP contribution is 2.21. The number of nitrogen functional groups attached to an aromatic ring is 1. The molecule has 2 N–H and O–H groups in total. The Balaban J connectivity index is 2.19. The molecule has 2 heterocycles. The molecule has 3 aromatic rings. The van der Waals surface area contributed by atoms with Crippen molar-refractivity contribution in [3.8, 4) is 5.69 Å². The summed E-state index contributed by atoms with van der Waals surface area (Å²) in [5.41, 5.74) is 7.53. The van der Waals surface area contributed by atoms with E-state index in [1.54, 1.807) is 12.4 Å². The van der Waals surface area contributed by atoms with Crippen molar-refractivity contribution in [2.24, 2.45) is 0 Å². The summed E-state index contributed by atoms with van der Waals surface area (Å²) >= 11 is 0. The highest BCUT2D eigenvalue weighted by molar-refractivity contribution is 5.93. The minimum Gasteiger partial charge on any atom is -0.464 e. The van der Waals surface area contributed by atoms with Gasteiger partial charge < -0.3 is 10.5 Å². The molecular weight excluding hydrogens is 258 g/mol. The second-order valence-corrected chi connectivity index (χ2v) is 4.12. The van der Waals surface area contributed by atoms with Crippen molar-refractivity contribution in [2.45, 2.75) is 0 Å². The Morgan fingerprint density at radius 3 is 2.95 bits per heavy atom. The summed E-state index contributed by atoms with van der Waals surface area (Å²) in [7, 11) is 1.28. The fraction of sp³-hybridized carbons (Fsp3) is 0.0769. The fourth-order valence-corrected chi connectivity index (χ4v) is 1.94.